The Labute approximate surface area is 315 Å². The number of amides is 2. The minimum absolute atomic E-state index is 0.129. The Morgan fingerprint density at radius 1 is 0.792 bits per heavy atom. The lowest BCUT2D eigenvalue weighted by molar-refractivity contribution is 0.0526. The monoisotopic (exact) mass is 744 g/mol. The molecular formula is C40H56N6O6Si. The fourth-order valence-electron chi connectivity index (χ4n) is 5.19. The number of rotatable bonds is 16. The maximum absolute atomic E-state index is 13.0. The molecule has 13 heteroatoms. The third kappa shape index (κ3) is 11.9. The molecule has 4 aromatic rings. The molecule has 2 heterocycles. The molecule has 0 saturated heterocycles. The van der Waals surface area contributed by atoms with Crippen LogP contribution in [0.2, 0.25) is 18.1 Å². The molecule has 0 aliphatic heterocycles. The van der Waals surface area contributed by atoms with E-state index in [2.05, 4.69) is 54.4 Å². The Kier molecular flexibility index (Phi) is 13.8. The van der Waals surface area contributed by atoms with Gasteiger partial charge >= 0.3 is 6.09 Å². The number of anilines is 2. The van der Waals surface area contributed by atoms with Crippen LogP contribution in [-0.4, -0.2) is 81.3 Å². The van der Waals surface area contributed by atoms with Crippen molar-refractivity contribution in [3.63, 3.8) is 0 Å². The summed E-state index contributed by atoms with van der Waals surface area (Å²) in [6, 6.07) is 15.4. The van der Waals surface area contributed by atoms with Crippen molar-refractivity contribution in [1.82, 2.24) is 25.6 Å². The first kappa shape index (κ1) is 41.0. The number of alkyl carbamates (subject to hydrolysis) is 1. The van der Waals surface area contributed by atoms with Gasteiger partial charge in [-0.3, -0.25) is 14.8 Å². The number of carbonyl (C=O) groups excluding carboxylic acids is 2. The van der Waals surface area contributed by atoms with E-state index in [9.17, 15) is 9.59 Å². The van der Waals surface area contributed by atoms with Gasteiger partial charge in [-0.25, -0.2) is 9.78 Å². The van der Waals surface area contributed by atoms with E-state index in [1.165, 1.54) is 0 Å². The highest BCUT2D eigenvalue weighted by atomic mass is 28.4. The zero-order valence-corrected chi connectivity index (χ0v) is 34.0. The van der Waals surface area contributed by atoms with E-state index in [-0.39, 0.29) is 16.6 Å². The van der Waals surface area contributed by atoms with E-state index in [0.717, 1.165) is 28.9 Å². The first-order chi connectivity index (χ1) is 25.0. The van der Waals surface area contributed by atoms with Crippen molar-refractivity contribution >= 4 is 42.7 Å². The van der Waals surface area contributed by atoms with Gasteiger partial charge in [0.05, 0.1) is 37.1 Å². The summed E-state index contributed by atoms with van der Waals surface area (Å²) < 4.78 is 23.0. The third-order valence-corrected chi connectivity index (χ3v) is 13.7. The average Bonchev–Trinajstić information content (AvgIpc) is 3.11. The van der Waals surface area contributed by atoms with E-state index in [1.54, 1.807) is 32.7 Å². The molecule has 0 bridgehead atoms. The van der Waals surface area contributed by atoms with Crippen molar-refractivity contribution in [2.45, 2.75) is 84.5 Å². The molecule has 0 aliphatic rings. The smallest absolute Gasteiger partial charge is 0.407 e. The molecule has 0 radical (unpaired) electrons. The van der Waals surface area contributed by atoms with Gasteiger partial charge in [-0.15, -0.1) is 0 Å². The van der Waals surface area contributed by atoms with Gasteiger partial charge in [0.15, 0.2) is 8.32 Å². The number of carbonyl (C=O) groups is 2. The summed E-state index contributed by atoms with van der Waals surface area (Å²) in [5.74, 6) is 1.10. The molecule has 2 amide bonds. The van der Waals surface area contributed by atoms with Crippen LogP contribution in [0.4, 0.5) is 16.2 Å². The standard InChI is InChI=1S/C40H56N6O6Si/c1-39(2,3)52-38(48)43-18-12-11-17-42-37(47)35-22-28(16-19-41-35)36-27-44-33-15-14-29(25-34(33)45-36)46(20-13-21-51-53(9,10)40(4,5)6)30-23-31(49-7)26-32(24-30)50-8/h14-16,19,22-27H,11-13,17-18,20-21H2,1-10H3,(H,42,47)(H,43,48). The second-order valence-electron chi connectivity index (χ2n) is 15.4. The number of unbranched alkanes of at least 4 members (excludes halogenated alkanes) is 1. The number of pyridine rings is 1. The van der Waals surface area contributed by atoms with Gasteiger partial charge in [-0.05, 0) is 88.5 Å². The number of nitrogens with zero attached hydrogens (tertiary/aromatic N) is 4. The number of nitrogens with one attached hydrogen (secondary N) is 2. The molecule has 2 N–H and O–H groups in total. The lowest BCUT2D eigenvalue weighted by Crippen LogP contribution is -2.41. The molecule has 0 fully saturated rings. The third-order valence-electron chi connectivity index (χ3n) is 9.13. The number of ether oxygens (including phenoxy) is 3. The molecule has 0 saturated carbocycles. The van der Waals surface area contributed by atoms with Gasteiger partial charge < -0.3 is 34.2 Å². The van der Waals surface area contributed by atoms with Crippen LogP contribution in [0.3, 0.4) is 0 Å². The molecule has 2 aromatic carbocycles. The number of fused-ring (bicyclic) bond motifs is 1. The number of hydrogen-bond acceptors (Lipinski definition) is 10. The number of aromatic nitrogens is 3. The van der Waals surface area contributed by atoms with Gasteiger partial charge in [0.1, 0.15) is 22.8 Å². The second kappa shape index (κ2) is 17.8. The molecular weight excluding hydrogens is 689 g/mol. The van der Waals surface area contributed by atoms with Crippen LogP contribution in [0.25, 0.3) is 22.3 Å². The molecule has 53 heavy (non-hydrogen) atoms. The average molecular weight is 745 g/mol. The van der Waals surface area contributed by atoms with E-state index >= 15 is 0 Å². The van der Waals surface area contributed by atoms with Gasteiger partial charge in [-0.2, -0.15) is 0 Å². The minimum Gasteiger partial charge on any atom is -0.497 e. The minimum atomic E-state index is -1.90. The first-order valence-corrected chi connectivity index (χ1v) is 21.0. The maximum atomic E-state index is 13.0. The Hall–Kier alpha value is -4.75. The van der Waals surface area contributed by atoms with Crippen LogP contribution >= 0.6 is 0 Å². The van der Waals surface area contributed by atoms with Crippen LogP contribution in [-0.2, 0) is 9.16 Å². The van der Waals surface area contributed by atoms with Crippen molar-refractivity contribution in [1.29, 1.82) is 0 Å². The quantitative estimate of drug-likeness (QED) is 0.0852. The Morgan fingerprint density at radius 2 is 1.47 bits per heavy atom. The largest absolute Gasteiger partial charge is 0.497 e. The number of hydrogen-bond donors (Lipinski definition) is 2. The topological polar surface area (TPSA) is 137 Å². The zero-order valence-electron chi connectivity index (χ0n) is 33.0. The Balaban J connectivity index is 1.50. The van der Waals surface area contributed by atoms with Crippen LogP contribution in [0.15, 0.2) is 60.9 Å². The predicted octanol–water partition coefficient (Wildman–Crippen LogP) is 8.29. The molecule has 0 aliphatic carbocycles. The molecule has 0 unspecified atom stereocenters. The van der Waals surface area contributed by atoms with Crippen LogP contribution in [0.1, 0.15) is 71.3 Å². The molecule has 0 spiro atoms. The van der Waals surface area contributed by atoms with Crippen molar-refractivity contribution < 1.29 is 28.2 Å². The van der Waals surface area contributed by atoms with Gasteiger partial charge in [0.2, 0.25) is 0 Å². The van der Waals surface area contributed by atoms with Crippen molar-refractivity contribution in [3.05, 3.63) is 66.6 Å². The fraction of sp³-hybridized carbons (Fsp3) is 0.475. The Morgan fingerprint density at radius 3 is 2.11 bits per heavy atom. The summed E-state index contributed by atoms with van der Waals surface area (Å²) in [4.78, 5) is 41.0. The number of benzene rings is 2. The van der Waals surface area contributed by atoms with Crippen LogP contribution in [0.5, 0.6) is 11.5 Å². The highest BCUT2D eigenvalue weighted by Crippen LogP contribution is 2.37. The predicted molar refractivity (Wildman–Crippen MR) is 213 cm³/mol. The zero-order chi connectivity index (χ0) is 38.8. The maximum Gasteiger partial charge on any atom is 0.407 e. The first-order valence-electron chi connectivity index (χ1n) is 18.1. The van der Waals surface area contributed by atoms with E-state index in [4.69, 9.17) is 28.6 Å². The van der Waals surface area contributed by atoms with E-state index < -0.39 is 20.0 Å². The molecule has 4 rings (SSSR count). The van der Waals surface area contributed by atoms with E-state index in [0.29, 0.717) is 61.8 Å². The normalized spacial score (nSPS) is 12.0. The lowest BCUT2D eigenvalue weighted by Gasteiger charge is -2.36. The SMILES string of the molecule is COc1cc(OC)cc(N(CCCO[Si](C)(C)C(C)(C)C)c2ccc3ncc(-c4ccnc(C(=O)NCCCCNC(=O)OC(C)(C)C)c4)nc3c2)c1. The van der Waals surface area contributed by atoms with E-state index in [1.807, 2.05) is 63.2 Å². The molecule has 0 atom stereocenters. The Bertz CT molecular complexity index is 1830. The van der Waals surface area contributed by atoms with Crippen LogP contribution < -0.4 is 25.0 Å². The summed E-state index contributed by atoms with van der Waals surface area (Å²) in [6.07, 6.45) is 5.03. The van der Waals surface area contributed by atoms with Crippen LogP contribution in [0, 0.1) is 0 Å². The van der Waals surface area contributed by atoms with Gasteiger partial charge in [0, 0.05) is 67.6 Å². The van der Waals surface area contributed by atoms with Crippen molar-refractivity contribution in [2.75, 3.05) is 45.4 Å². The summed E-state index contributed by atoms with van der Waals surface area (Å²) in [5, 5.41) is 5.77. The summed E-state index contributed by atoms with van der Waals surface area (Å²) in [5.41, 5.74) is 4.39. The second-order valence-corrected chi connectivity index (χ2v) is 20.2. The van der Waals surface area contributed by atoms with Crippen molar-refractivity contribution in [3.8, 4) is 22.8 Å². The molecule has 2 aromatic heterocycles. The highest BCUT2D eigenvalue weighted by molar-refractivity contribution is 6.74. The van der Waals surface area contributed by atoms with Crippen molar-refractivity contribution in [2.24, 2.45) is 0 Å². The highest BCUT2D eigenvalue weighted by Gasteiger charge is 2.36. The summed E-state index contributed by atoms with van der Waals surface area (Å²) >= 11 is 0. The fourth-order valence-corrected chi connectivity index (χ4v) is 6.28. The number of methoxy groups -OCH3 is 2. The lowest BCUT2D eigenvalue weighted by atomic mass is 10.1. The molecule has 286 valence electrons. The van der Waals surface area contributed by atoms with Gasteiger partial charge in [-0.1, -0.05) is 20.8 Å². The summed E-state index contributed by atoms with van der Waals surface area (Å²) in [7, 11) is 1.39. The van der Waals surface area contributed by atoms with Gasteiger partial charge in [0.25, 0.3) is 5.91 Å². The molecule has 12 nitrogen and oxygen atoms in total. The summed E-state index contributed by atoms with van der Waals surface area (Å²) in [6.45, 7) is 19.0.